The quantitative estimate of drug-likeness (QED) is 0.831. The van der Waals surface area contributed by atoms with E-state index in [-0.39, 0.29) is 11.7 Å². The number of likely N-dealkylation sites (N-methyl/N-ethyl adjacent to an activating group) is 1. The molecule has 1 aromatic carbocycles. The van der Waals surface area contributed by atoms with Crippen LogP contribution in [0, 0.1) is 5.82 Å². The topological polar surface area (TPSA) is 33.5 Å². The second-order valence-corrected chi connectivity index (χ2v) is 5.80. The SMILES string of the molecule is C[NH+](CC(=O)NC1CC1)Cc1ccc(Br)cc1F. The summed E-state index contributed by atoms with van der Waals surface area (Å²) in [6.07, 6.45) is 2.18. The van der Waals surface area contributed by atoms with E-state index in [1.165, 1.54) is 6.07 Å². The lowest BCUT2D eigenvalue weighted by atomic mass is 10.2. The van der Waals surface area contributed by atoms with E-state index in [1.54, 1.807) is 6.07 Å². The molecule has 2 N–H and O–H groups in total. The van der Waals surface area contributed by atoms with Crippen molar-refractivity contribution in [3.05, 3.63) is 34.1 Å². The molecular weight excluding hydrogens is 299 g/mol. The molecular formula is C13H17BrFN2O+. The van der Waals surface area contributed by atoms with Crippen LogP contribution in [0.25, 0.3) is 0 Å². The van der Waals surface area contributed by atoms with Crippen molar-refractivity contribution in [1.29, 1.82) is 0 Å². The van der Waals surface area contributed by atoms with E-state index >= 15 is 0 Å². The predicted molar refractivity (Wildman–Crippen MR) is 70.7 cm³/mol. The Hall–Kier alpha value is -0.940. The Kier molecular flexibility index (Phi) is 4.35. The molecule has 0 saturated heterocycles. The fourth-order valence-corrected chi connectivity index (χ4v) is 2.17. The van der Waals surface area contributed by atoms with E-state index in [0.717, 1.165) is 22.2 Å². The summed E-state index contributed by atoms with van der Waals surface area (Å²) in [5.74, 6) is -0.182. The first-order chi connectivity index (χ1) is 8.54. The van der Waals surface area contributed by atoms with Gasteiger partial charge >= 0.3 is 0 Å². The van der Waals surface area contributed by atoms with E-state index in [9.17, 15) is 9.18 Å². The fourth-order valence-electron chi connectivity index (χ4n) is 1.83. The van der Waals surface area contributed by atoms with Gasteiger partial charge in [0.1, 0.15) is 12.4 Å². The molecule has 0 aliphatic heterocycles. The van der Waals surface area contributed by atoms with Crippen molar-refractivity contribution >= 4 is 21.8 Å². The van der Waals surface area contributed by atoms with Crippen molar-refractivity contribution in [2.24, 2.45) is 0 Å². The van der Waals surface area contributed by atoms with Crippen LogP contribution in [0.15, 0.2) is 22.7 Å². The minimum Gasteiger partial charge on any atom is -0.348 e. The van der Waals surface area contributed by atoms with Gasteiger partial charge in [0.15, 0.2) is 6.54 Å². The zero-order valence-corrected chi connectivity index (χ0v) is 11.9. The number of benzene rings is 1. The highest BCUT2D eigenvalue weighted by Crippen LogP contribution is 2.18. The highest BCUT2D eigenvalue weighted by molar-refractivity contribution is 9.10. The van der Waals surface area contributed by atoms with Gasteiger partial charge in [0, 0.05) is 16.1 Å². The van der Waals surface area contributed by atoms with Gasteiger partial charge in [-0.2, -0.15) is 0 Å². The lowest BCUT2D eigenvalue weighted by Gasteiger charge is -2.14. The van der Waals surface area contributed by atoms with E-state index in [0.29, 0.717) is 24.7 Å². The Morgan fingerprint density at radius 1 is 1.56 bits per heavy atom. The van der Waals surface area contributed by atoms with Crippen LogP contribution in [-0.2, 0) is 11.3 Å². The molecule has 1 unspecified atom stereocenters. The normalized spacial score (nSPS) is 16.4. The number of carbonyl (C=O) groups excluding carboxylic acids is 1. The molecule has 1 saturated carbocycles. The Bertz CT molecular complexity index is 449. The highest BCUT2D eigenvalue weighted by atomic mass is 79.9. The van der Waals surface area contributed by atoms with Crippen LogP contribution < -0.4 is 10.2 Å². The average Bonchev–Trinajstić information content (AvgIpc) is 3.05. The minimum absolute atomic E-state index is 0.0486. The summed E-state index contributed by atoms with van der Waals surface area (Å²) >= 11 is 3.23. The summed E-state index contributed by atoms with van der Waals surface area (Å²) in [7, 11) is 1.90. The van der Waals surface area contributed by atoms with Crippen molar-refractivity contribution in [3.8, 4) is 0 Å². The standard InChI is InChI=1S/C13H16BrFN2O/c1-17(8-13(18)16-11-4-5-11)7-9-2-3-10(14)6-12(9)15/h2-3,6,11H,4-5,7-8H2,1H3,(H,16,18)/p+1. The summed E-state index contributed by atoms with van der Waals surface area (Å²) < 4.78 is 14.4. The number of halogens is 2. The molecule has 0 heterocycles. The minimum atomic E-state index is -0.230. The van der Waals surface area contributed by atoms with Gasteiger partial charge in [-0.05, 0) is 31.0 Å². The van der Waals surface area contributed by atoms with Crippen molar-refractivity contribution in [3.63, 3.8) is 0 Å². The molecule has 1 amide bonds. The summed E-state index contributed by atoms with van der Waals surface area (Å²) in [5.41, 5.74) is 0.634. The average molecular weight is 316 g/mol. The van der Waals surface area contributed by atoms with Gasteiger partial charge in [-0.3, -0.25) is 4.79 Å². The molecule has 5 heteroatoms. The molecule has 0 bridgehead atoms. The Balaban J connectivity index is 1.85. The molecule has 98 valence electrons. The number of hydrogen-bond donors (Lipinski definition) is 2. The van der Waals surface area contributed by atoms with Crippen molar-refractivity contribution < 1.29 is 14.1 Å². The lowest BCUT2D eigenvalue weighted by Crippen LogP contribution is -3.09. The van der Waals surface area contributed by atoms with E-state index in [1.807, 2.05) is 13.1 Å². The molecule has 1 atom stereocenters. The largest absolute Gasteiger partial charge is 0.348 e. The zero-order valence-electron chi connectivity index (χ0n) is 10.3. The van der Waals surface area contributed by atoms with E-state index < -0.39 is 0 Å². The van der Waals surface area contributed by atoms with Gasteiger partial charge in [-0.1, -0.05) is 15.9 Å². The van der Waals surface area contributed by atoms with Crippen LogP contribution in [0.5, 0.6) is 0 Å². The molecule has 0 aromatic heterocycles. The van der Waals surface area contributed by atoms with Gasteiger partial charge < -0.3 is 10.2 Å². The first-order valence-electron chi connectivity index (χ1n) is 6.09. The second-order valence-electron chi connectivity index (χ2n) is 4.89. The van der Waals surface area contributed by atoms with Gasteiger partial charge in [0.25, 0.3) is 5.91 Å². The molecule has 1 aliphatic carbocycles. The monoisotopic (exact) mass is 315 g/mol. The molecule has 1 fully saturated rings. The van der Waals surface area contributed by atoms with Crippen LogP contribution >= 0.6 is 15.9 Å². The lowest BCUT2D eigenvalue weighted by molar-refractivity contribution is -0.885. The Morgan fingerprint density at radius 2 is 2.28 bits per heavy atom. The summed E-state index contributed by atoms with van der Waals surface area (Å²) in [5, 5.41) is 2.93. The Labute approximate surface area is 114 Å². The van der Waals surface area contributed by atoms with E-state index in [4.69, 9.17) is 0 Å². The van der Waals surface area contributed by atoms with Crippen molar-refractivity contribution in [2.75, 3.05) is 13.6 Å². The zero-order chi connectivity index (χ0) is 13.1. The van der Waals surface area contributed by atoms with E-state index in [2.05, 4.69) is 21.2 Å². The third-order valence-corrected chi connectivity index (χ3v) is 3.41. The molecule has 0 spiro atoms. The van der Waals surface area contributed by atoms with Gasteiger partial charge in [0.05, 0.1) is 7.05 Å². The maximum absolute atomic E-state index is 13.6. The van der Waals surface area contributed by atoms with Crippen LogP contribution in [0.3, 0.4) is 0 Å². The summed E-state index contributed by atoms with van der Waals surface area (Å²) in [4.78, 5) is 12.6. The van der Waals surface area contributed by atoms with Crippen LogP contribution in [0.1, 0.15) is 18.4 Å². The third kappa shape index (κ3) is 4.07. The predicted octanol–water partition coefficient (Wildman–Crippen LogP) is 0.882. The molecule has 2 rings (SSSR count). The fraction of sp³-hybridized carbons (Fsp3) is 0.462. The number of rotatable bonds is 5. The van der Waals surface area contributed by atoms with Crippen LogP contribution in [0.2, 0.25) is 0 Å². The molecule has 3 nitrogen and oxygen atoms in total. The molecule has 1 aliphatic rings. The number of hydrogen-bond acceptors (Lipinski definition) is 1. The maximum Gasteiger partial charge on any atom is 0.275 e. The smallest absolute Gasteiger partial charge is 0.275 e. The molecule has 0 radical (unpaired) electrons. The molecule has 1 aromatic rings. The Morgan fingerprint density at radius 3 is 2.89 bits per heavy atom. The number of nitrogens with one attached hydrogen (secondary N) is 2. The third-order valence-electron chi connectivity index (χ3n) is 2.91. The van der Waals surface area contributed by atoms with Gasteiger partial charge in [0.2, 0.25) is 0 Å². The van der Waals surface area contributed by atoms with Crippen LogP contribution in [0.4, 0.5) is 4.39 Å². The van der Waals surface area contributed by atoms with Crippen molar-refractivity contribution in [2.45, 2.75) is 25.4 Å². The maximum atomic E-state index is 13.6. The van der Waals surface area contributed by atoms with Gasteiger partial charge in [-0.15, -0.1) is 0 Å². The number of quaternary nitrogens is 1. The first-order valence-corrected chi connectivity index (χ1v) is 6.88. The first kappa shape index (κ1) is 13.5. The highest BCUT2D eigenvalue weighted by Gasteiger charge is 2.24. The molecule has 18 heavy (non-hydrogen) atoms. The summed E-state index contributed by atoms with van der Waals surface area (Å²) in [6.45, 7) is 0.892. The van der Waals surface area contributed by atoms with Gasteiger partial charge in [-0.25, -0.2) is 4.39 Å². The number of amides is 1. The van der Waals surface area contributed by atoms with Crippen LogP contribution in [-0.4, -0.2) is 25.5 Å². The summed E-state index contributed by atoms with van der Waals surface area (Å²) in [6, 6.07) is 5.40. The second kappa shape index (κ2) is 5.80. The number of carbonyl (C=O) groups is 1. The van der Waals surface area contributed by atoms with Crippen molar-refractivity contribution in [1.82, 2.24) is 5.32 Å².